The van der Waals surface area contributed by atoms with Gasteiger partial charge in [0, 0.05) is 29.1 Å². The Kier molecular flexibility index (Phi) is 7.28. The number of carbonyl (C=O) groups is 1. The number of likely N-dealkylation sites (N-methyl/N-ethyl adjacent to an activating group) is 1. The minimum atomic E-state index is 0.133. The summed E-state index contributed by atoms with van der Waals surface area (Å²) in [5, 5.41) is 0.708. The minimum absolute atomic E-state index is 0.133. The van der Waals surface area contributed by atoms with E-state index in [1.54, 1.807) is 0 Å². The van der Waals surface area contributed by atoms with E-state index in [0.29, 0.717) is 24.5 Å². The molecule has 3 nitrogen and oxygen atoms in total. The van der Waals surface area contributed by atoms with Crippen molar-refractivity contribution in [3.05, 3.63) is 69.2 Å². The number of halogens is 2. The van der Waals surface area contributed by atoms with Crippen molar-refractivity contribution in [2.24, 2.45) is 0 Å². The van der Waals surface area contributed by atoms with Gasteiger partial charge in [-0.1, -0.05) is 51.8 Å². The van der Waals surface area contributed by atoms with Gasteiger partial charge < -0.3 is 9.80 Å². The molecule has 0 N–H and O–H groups in total. The van der Waals surface area contributed by atoms with E-state index in [9.17, 15) is 4.79 Å². The first kappa shape index (κ1) is 19.0. The topological polar surface area (TPSA) is 23.6 Å². The van der Waals surface area contributed by atoms with Crippen molar-refractivity contribution in [1.82, 2.24) is 9.80 Å². The smallest absolute Gasteiger partial charge is 0.227 e. The highest BCUT2D eigenvalue weighted by Crippen LogP contribution is 2.14. The fourth-order valence-corrected chi connectivity index (χ4v) is 2.70. The van der Waals surface area contributed by atoms with Gasteiger partial charge in [-0.25, -0.2) is 0 Å². The quantitative estimate of drug-likeness (QED) is 0.683. The second-order valence-electron chi connectivity index (χ2n) is 6.05. The normalized spacial score (nSPS) is 10.9. The molecule has 1 amide bonds. The van der Waals surface area contributed by atoms with Crippen LogP contribution >= 0.6 is 27.5 Å². The van der Waals surface area contributed by atoms with E-state index in [0.717, 1.165) is 22.1 Å². The van der Waals surface area contributed by atoms with Crippen LogP contribution in [0.3, 0.4) is 0 Å². The standard InChI is InChI=1S/C19H22BrClN2O/c1-22(2)11-12-23(14-16-5-9-18(21)10-6-16)19(24)13-15-3-7-17(20)8-4-15/h3-10H,11-14H2,1-2H3. The molecule has 24 heavy (non-hydrogen) atoms. The Morgan fingerprint density at radius 3 is 2.12 bits per heavy atom. The molecule has 5 heteroatoms. The van der Waals surface area contributed by atoms with Crippen molar-refractivity contribution in [2.75, 3.05) is 27.2 Å². The van der Waals surface area contributed by atoms with Crippen LogP contribution in [0.5, 0.6) is 0 Å². The lowest BCUT2D eigenvalue weighted by Crippen LogP contribution is -2.37. The molecule has 0 unspecified atom stereocenters. The molecule has 0 saturated carbocycles. The van der Waals surface area contributed by atoms with Gasteiger partial charge in [-0.05, 0) is 49.5 Å². The van der Waals surface area contributed by atoms with Crippen LogP contribution in [0.15, 0.2) is 53.0 Å². The third-order valence-corrected chi connectivity index (χ3v) is 4.51. The molecule has 0 heterocycles. The lowest BCUT2D eigenvalue weighted by molar-refractivity contribution is -0.131. The fourth-order valence-electron chi connectivity index (χ4n) is 2.31. The third-order valence-electron chi connectivity index (χ3n) is 3.73. The summed E-state index contributed by atoms with van der Waals surface area (Å²) in [6.45, 7) is 2.13. The molecule has 2 rings (SSSR count). The summed E-state index contributed by atoms with van der Waals surface area (Å²) in [5.74, 6) is 0.133. The molecule has 0 atom stereocenters. The predicted molar refractivity (Wildman–Crippen MR) is 103 cm³/mol. The molecule has 128 valence electrons. The highest BCUT2D eigenvalue weighted by atomic mass is 79.9. The Hall–Kier alpha value is -1.36. The molecule has 0 aliphatic rings. The summed E-state index contributed by atoms with van der Waals surface area (Å²) in [6.07, 6.45) is 0.411. The van der Waals surface area contributed by atoms with Crippen molar-refractivity contribution in [1.29, 1.82) is 0 Å². The fraction of sp³-hybridized carbons (Fsp3) is 0.316. The van der Waals surface area contributed by atoms with Crippen LogP contribution in [0.2, 0.25) is 5.02 Å². The number of hydrogen-bond donors (Lipinski definition) is 0. The zero-order chi connectivity index (χ0) is 17.5. The summed E-state index contributed by atoms with van der Waals surface area (Å²) in [5.41, 5.74) is 2.11. The number of hydrogen-bond acceptors (Lipinski definition) is 2. The molecule has 0 spiro atoms. The van der Waals surface area contributed by atoms with E-state index in [-0.39, 0.29) is 5.91 Å². The number of rotatable bonds is 7. The summed E-state index contributed by atoms with van der Waals surface area (Å²) in [4.78, 5) is 16.7. The van der Waals surface area contributed by atoms with Gasteiger partial charge in [-0.2, -0.15) is 0 Å². The predicted octanol–water partition coefficient (Wildman–Crippen LogP) is 4.24. The Labute approximate surface area is 157 Å². The van der Waals surface area contributed by atoms with Gasteiger partial charge in [0.15, 0.2) is 0 Å². The summed E-state index contributed by atoms with van der Waals surface area (Å²) in [6, 6.07) is 15.6. The second-order valence-corrected chi connectivity index (χ2v) is 7.40. The van der Waals surface area contributed by atoms with Crippen molar-refractivity contribution in [3.8, 4) is 0 Å². The van der Waals surface area contributed by atoms with Crippen molar-refractivity contribution in [3.63, 3.8) is 0 Å². The van der Waals surface area contributed by atoms with Gasteiger partial charge in [0.05, 0.1) is 6.42 Å². The largest absolute Gasteiger partial charge is 0.337 e. The molecular weight excluding hydrogens is 388 g/mol. The molecule has 0 aromatic heterocycles. The lowest BCUT2D eigenvalue weighted by atomic mass is 10.1. The zero-order valence-corrected chi connectivity index (χ0v) is 16.3. The van der Waals surface area contributed by atoms with Crippen LogP contribution in [0.1, 0.15) is 11.1 Å². The first-order chi connectivity index (χ1) is 11.4. The maximum absolute atomic E-state index is 12.8. The highest BCUT2D eigenvalue weighted by molar-refractivity contribution is 9.10. The van der Waals surface area contributed by atoms with E-state index in [1.165, 1.54) is 0 Å². The third kappa shape index (κ3) is 6.27. The van der Waals surface area contributed by atoms with Gasteiger partial charge in [0.1, 0.15) is 0 Å². The van der Waals surface area contributed by atoms with Gasteiger partial charge in [-0.3, -0.25) is 4.79 Å². The second kappa shape index (κ2) is 9.21. The average molecular weight is 410 g/mol. The molecule has 0 radical (unpaired) electrons. The first-order valence-electron chi connectivity index (χ1n) is 7.85. The van der Waals surface area contributed by atoms with E-state index in [2.05, 4.69) is 20.8 Å². The maximum atomic E-state index is 12.8. The van der Waals surface area contributed by atoms with Crippen LogP contribution in [-0.4, -0.2) is 42.9 Å². The molecule has 0 aliphatic carbocycles. The summed E-state index contributed by atoms with van der Waals surface area (Å²) >= 11 is 9.36. The van der Waals surface area contributed by atoms with Gasteiger partial charge in [0.25, 0.3) is 0 Å². The Bertz CT molecular complexity index is 656. The van der Waals surface area contributed by atoms with E-state index < -0.39 is 0 Å². The van der Waals surface area contributed by atoms with E-state index in [4.69, 9.17) is 11.6 Å². The molecule has 2 aromatic rings. The van der Waals surface area contributed by atoms with Crippen molar-refractivity contribution in [2.45, 2.75) is 13.0 Å². The Morgan fingerprint density at radius 1 is 0.958 bits per heavy atom. The monoisotopic (exact) mass is 408 g/mol. The summed E-state index contributed by atoms with van der Waals surface area (Å²) in [7, 11) is 4.03. The van der Waals surface area contributed by atoms with Gasteiger partial charge in [0.2, 0.25) is 5.91 Å². The SMILES string of the molecule is CN(C)CCN(Cc1ccc(Cl)cc1)C(=O)Cc1ccc(Br)cc1. The van der Waals surface area contributed by atoms with Gasteiger partial charge >= 0.3 is 0 Å². The van der Waals surface area contributed by atoms with Crippen molar-refractivity contribution < 1.29 is 4.79 Å². The summed E-state index contributed by atoms with van der Waals surface area (Å²) < 4.78 is 1.02. The highest BCUT2D eigenvalue weighted by Gasteiger charge is 2.15. The molecule has 0 bridgehead atoms. The Balaban J connectivity index is 2.07. The number of amides is 1. The zero-order valence-electron chi connectivity index (χ0n) is 14.0. The molecule has 0 fully saturated rings. The molecule has 2 aromatic carbocycles. The molecule has 0 aliphatic heterocycles. The average Bonchev–Trinajstić information content (AvgIpc) is 2.55. The van der Waals surface area contributed by atoms with Crippen LogP contribution in [0.25, 0.3) is 0 Å². The number of carbonyl (C=O) groups excluding carboxylic acids is 1. The van der Waals surface area contributed by atoms with Gasteiger partial charge in [-0.15, -0.1) is 0 Å². The minimum Gasteiger partial charge on any atom is -0.337 e. The Morgan fingerprint density at radius 2 is 1.54 bits per heavy atom. The lowest BCUT2D eigenvalue weighted by Gasteiger charge is -2.25. The van der Waals surface area contributed by atoms with E-state index in [1.807, 2.05) is 67.5 Å². The van der Waals surface area contributed by atoms with Crippen molar-refractivity contribution >= 4 is 33.4 Å². The van der Waals surface area contributed by atoms with Crippen LogP contribution in [0, 0.1) is 0 Å². The van der Waals surface area contributed by atoms with E-state index >= 15 is 0 Å². The number of benzene rings is 2. The maximum Gasteiger partial charge on any atom is 0.227 e. The first-order valence-corrected chi connectivity index (χ1v) is 9.02. The van der Waals surface area contributed by atoms with Crippen LogP contribution in [0.4, 0.5) is 0 Å². The molecular formula is C19H22BrClN2O. The van der Waals surface area contributed by atoms with Crippen LogP contribution < -0.4 is 0 Å². The number of nitrogens with zero attached hydrogens (tertiary/aromatic N) is 2. The van der Waals surface area contributed by atoms with Crippen LogP contribution in [-0.2, 0) is 17.8 Å². The molecule has 0 saturated heterocycles.